The Balaban J connectivity index is 2.49. The van der Waals surface area contributed by atoms with E-state index in [1.807, 2.05) is 12.3 Å². The van der Waals surface area contributed by atoms with E-state index in [1.54, 1.807) is 6.20 Å². The zero-order valence-electron chi connectivity index (χ0n) is 9.44. The van der Waals surface area contributed by atoms with Crippen molar-refractivity contribution >= 4 is 11.6 Å². The fraction of sp³-hybridized carbons (Fsp3) is 0.214. The van der Waals surface area contributed by atoms with Gasteiger partial charge in [-0.15, -0.1) is 0 Å². The summed E-state index contributed by atoms with van der Waals surface area (Å²) in [6.07, 6.45) is 3.51. The van der Waals surface area contributed by atoms with E-state index in [1.165, 1.54) is 5.56 Å². The van der Waals surface area contributed by atoms with Crippen LogP contribution in [-0.4, -0.2) is 4.98 Å². The lowest BCUT2D eigenvalue weighted by Crippen LogP contribution is -1.88. The van der Waals surface area contributed by atoms with Gasteiger partial charge in [-0.3, -0.25) is 4.98 Å². The molecule has 0 spiro atoms. The Morgan fingerprint density at radius 1 is 1.19 bits per heavy atom. The number of benzene rings is 1. The fourth-order valence-corrected chi connectivity index (χ4v) is 1.87. The summed E-state index contributed by atoms with van der Waals surface area (Å²) in [5, 5.41) is 0.746. The molecule has 82 valence electrons. The van der Waals surface area contributed by atoms with Crippen molar-refractivity contribution in [2.24, 2.45) is 0 Å². The van der Waals surface area contributed by atoms with Crippen LogP contribution in [0.25, 0.3) is 11.1 Å². The molecule has 0 fully saturated rings. The molecule has 0 saturated heterocycles. The fourth-order valence-electron chi connectivity index (χ4n) is 1.66. The predicted molar refractivity (Wildman–Crippen MR) is 68.8 cm³/mol. The number of pyridine rings is 1. The molecule has 1 aromatic carbocycles. The molecule has 0 bridgehead atoms. The van der Waals surface area contributed by atoms with Crippen molar-refractivity contribution < 1.29 is 0 Å². The van der Waals surface area contributed by atoms with Crippen LogP contribution in [0.2, 0.25) is 5.02 Å². The third-order valence-corrected chi connectivity index (χ3v) is 2.96. The lowest BCUT2D eigenvalue weighted by atomic mass is 9.98. The zero-order chi connectivity index (χ0) is 11.5. The predicted octanol–water partition coefficient (Wildman–Crippen LogP) is 4.53. The molecule has 1 aromatic heterocycles. The van der Waals surface area contributed by atoms with Gasteiger partial charge in [0.05, 0.1) is 5.02 Å². The average Bonchev–Trinajstić information content (AvgIpc) is 2.30. The maximum Gasteiger partial charge on any atom is 0.0515 e. The van der Waals surface area contributed by atoms with Crippen LogP contribution in [-0.2, 0) is 0 Å². The Labute approximate surface area is 101 Å². The maximum atomic E-state index is 6.15. The number of halogens is 1. The number of aromatic nitrogens is 1. The summed E-state index contributed by atoms with van der Waals surface area (Å²) in [5.41, 5.74) is 3.44. The Hall–Kier alpha value is -1.34. The van der Waals surface area contributed by atoms with Crippen molar-refractivity contribution in [3.63, 3.8) is 0 Å². The van der Waals surface area contributed by atoms with Gasteiger partial charge in [0.1, 0.15) is 0 Å². The van der Waals surface area contributed by atoms with Crippen molar-refractivity contribution in [3.8, 4) is 11.1 Å². The van der Waals surface area contributed by atoms with E-state index < -0.39 is 0 Å². The van der Waals surface area contributed by atoms with Gasteiger partial charge in [-0.1, -0.05) is 49.7 Å². The van der Waals surface area contributed by atoms with E-state index in [0.29, 0.717) is 5.92 Å². The molecule has 1 nitrogen and oxygen atoms in total. The highest BCUT2D eigenvalue weighted by Gasteiger charge is 2.05. The van der Waals surface area contributed by atoms with Crippen molar-refractivity contribution in [2.75, 3.05) is 0 Å². The standard InChI is InChI=1S/C14H14ClN/c1-10(2)11-4-3-5-12(8-11)13-9-16-7-6-14(13)15/h3-10H,1-2H3. The summed E-state index contributed by atoms with van der Waals surface area (Å²) in [4.78, 5) is 4.11. The van der Waals surface area contributed by atoms with Gasteiger partial charge in [-0.25, -0.2) is 0 Å². The van der Waals surface area contributed by atoms with Crippen molar-refractivity contribution in [1.82, 2.24) is 4.98 Å². The van der Waals surface area contributed by atoms with E-state index in [4.69, 9.17) is 11.6 Å². The molecular weight excluding hydrogens is 218 g/mol. The smallest absolute Gasteiger partial charge is 0.0515 e. The van der Waals surface area contributed by atoms with E-state index >= 15 is 0 Å². The highest BCUT2D eigenvalue weighted by atomic mass is 35.5. The van der Waals surface area contributed by atoms with Gasteiger partial charge in [-0.2, -0.15) is 0 Å². The van der Waals surface area contributed by atoms with Crippen molar-refractivity contribution in [1.29, 1.82) is 0 Å². The van der Waals surface area contributed by atoms with Crippen LogP contribution in [0.15, 0.2) is 42.7 Å². The summed E-state index contributed by atoms with van der Waals surface area (Å²) in [6, 6.07) is 10.3. The number of hydrogen-bond donors (Lipinski definition) is 0. The lowest BCUT2D eigenvalue weighted by molar-refractivity contribution is 0.867. The van der Waals surface area contributed by atoms with E-state index in [-0.39, 0.29) is 0 Å². The van der Waals surface area contributed by atoms with Crippen LogP contribution in [0.4, 0.5) is 0 Å². The topological polar surface area (TPSA) is 12.9 Å². The molecule has 0 radical (unpaired) electrons. The van der Waals surface area contributed by atoms with Gasteiger partial charge in [-0.05, 0) is 23.1 Å². The summed E-state index contributed by atoms with van der Waals surface area (Å²) < 4.78 is 0. The van der Waals surface area contributed by atoms with Crippen LogP contribution in [0.5, 0.6) is 0 Å². The van der Waals surface area contributed by atoms with Crippen LogP contribution in [0.3, 0.4) is 0 Å². The van der Waals surface area contributed by atoms with Gasteiger partial charge in [0.15, 0.2) is 0 Å². The van der Waals surface area contributed by atoms with Gasteiger partial charge >= 0.3 is 0 Å². The molecule has 0 saturated carbocycles. The van der Waals surface area contributed by atoms with Crippen LogP contribution >= 0.6 is 11.6 Å². The molecule has 0 aliphatic heterocycles. The second-order valence-electron chi connectivity index (χ2n) is 4.14. The molecule has 0 unspecified atom stereocenters. The second-order valence-corrected chi connectivity index (χ2v) is 4.54. The number of rotatable bonds is 2. The summed E-state index contributed by atoms with van der Waals surface area (Å²) in [7, 11) is 0. The summed E-state index contributed by atoms with van der Waals surface area (Å²) in [6.45, 7) is 4.37. The molecule has 2 rings (SSSR count). The molecule has 16 heavy (non-hydrogen) atoms. The molecule has 0 aliphatic rings. The molecular formula is C14H14ClN. The molecule has 2 aromatic rings. The highest BCUT2D eigenvalue weighted by Crippen LogP contribution is 2.28. The van der Waals surface area contributed by atoms with Crippen molar-refractivity contribution in [3.05, 3.63) is 53.3 Å². The molecule has 0 atom stereocenters. The first-order valence-corrected chi connectivity index (χ1v) is 5.76. The lowest BCUT2D eigenvalue weighted by Gasteiger charge is -2.08. The first-order valence-electron chi connectivity index (χ1n) is 5.38. The van der Waals surface area contributed by atoms with E-state index in [9.17, 15) is 0 Å². The third kappa shape index (κ3) is 2.25. The van der Waals surface area contributed by atoms with E-state index in [0.717, 1.165) is 16.1 Å². The summed E-state index contributed by atoms with van der Waals surface area (Å²) in [5.74, 6) is 0.524. The maximum absolute atomic E-state index is 6.15. The first kappa shape index (κ1) is 11.2. The van der Waals surface area contributed by atoms with Crippen molar-refractivity contribution in [2.45, 2.75) is 19.8 Å². The summed E-state index contributed by atoms with van der Waals surface area (Å²) >= 11 is 6.15. The molecule has 2 heteroatoms. The van der Waals surface area contributed by atoms with Crippen LogP contribution in [0.1, 0.15) is 25.3 Å². The Morgan fingerprint density at radius 3 is 2.69 bits per heavy atom. The monoisotopic (exact) mass is 231 g/mol. The average molecular weight is 232 g/mol. The van der Waals surface area contributed by atoms with Gasteiger partial charge in [0.2, 0.25) is 0 Å². The normalized spacial score (nSPS) is 10.8. The first-order chi connectivity index (χ1) is 7.68. The number of hydrogen-bond acceptors (Lipinski definition) is 1. The van der Waals surface area contributed by atoms with Crippen LogP contribution < -0.4 is 0 Å². The minimum Gasteiger partial charge on any atom is -0.264 e. The Kier molecular flexibility index (Phi) is 3.25. The second kappa shape index (κ2) is 4.67. The molecule has 0 aliphatic carbocycles. The minimum atomic E-state index is 0.524. The quantitative estimate of drug-likeness (QED) is 0.740. The highest BCUT2D eigenvalue weighted by molar-refractivity contribution is 6.33. The Morgan fingerprint density at radius 2 is 2.00 bits per heavy atom. The van der Waals surface area contributed by atoms with Crippen LogP contribution in [0, 0.1) is 0 Å². The Bertz CT molecular complexity index is 492. The van der Waals surface area contributed by atoms with Gasteiger partial charge < -0.3 is 0 Å². The molecule has 1 heterocycles. The van der Waals surface area contributed by atoms with Gasteiger partial charge in [0.25, 0.3) is 0 Å². The SMILES string of the molecule is CC(C)c1cccc(-c2cnccc2Cl)c1. The molecule has 0 N–H and O–H groups in total. The van der Waals surface area contributed by atoms with E-state index in [2.05, 4.69) is 43.1 Å². The third-order valence-electron chi connectivity index (χ3n) is 2.63. The molecule has 0 amide bonds. The van der Waals surface area contributed by atoms with Gasteiger partial charge in [0, 0.05) is 18.0 Å². The largest absolute Gasteiger partial charge is 0.264 e. The number of nitrogens with zero attached hydrogens (tertiary/aromatic N) is 1. The minimum absolute atomic E-state index is 0.524. The zero-order valence-corrected chi connectivity index (χ0v) is 10.2.